The van der Waals surface area contributed by atoms with Crippen molar-refractivity contribution in [3.8, 4) is 11.5 Å². The first-order chi connectivity index (χ1) is 13.6. The maximum absolute atomic E-state index is 12.9. The number of carbonyl (C=O) groups excluding carboxylic acids is 1. The fraction of sp³-hybridized carbons (Fsp3) is 0.316. The average molecular weight is 402 g/mol. The van der Waals surface area contributed by atoms with Crippen LogP contribution in [0.25, 0.3) is 5.65 Å². The van der Waals surface area contributed by atoms with Crippen molar-refractivity contribution in [1.82, 2.24) is 19.5 Å². The van der Waals surface area contributed by atoms with Crippen LogP contribution in [-0.2, 0) is 0 Å². The summed E-state index contributed by atoms with van der Waals surface area (Å²) in [4.78, 5) is 16.9. The van der Waals surface area contributed by atoms with E-state index in [0.29, 0.717) is 53.9 Å². The van der Waals surface area contributed by atoms with Gasteiger partial charge in [0.1, 0.15) is 11.5 Å². The summed E-state index contributed by atoms with van der Waals surface area (Å²) in [6.45, 7) is 2.46. The highest BCUT2D eigenvalue weighted by Crippen LogP contribution is 2.25. The molecule has 0 aliphatic carbocycles. The Bertz CT molecular complexity index is 992. The summed E-state index contributed by atoms with van der Waals surface area (Å²) >= 11 is 6.18. The molecule has 1 aliphatic heterocycles. The number of fused-ring (bicyclic) bond motifs is 1. The lowest BCUT2D eigenvalue weighted by Gasteiger charge is -2.34. The van der Waals surface area contributed by atoms with Crippen molar-refractivity contribution in [3.63, 3.8) is 0 Å². The summed E-state index contributed by atoms with van der Waals surface area (Å²) in [5.41, 5.74) is 1.17. The van der Waals surface area contributed by atoms with Crippen LogP contribution >= 0.6 is 11.6 Å². The molecule has 0 bridgehead atoms. The number of halogens is 1. The number of piperazine rings is 1. The van der Waals surface area contributed by atoms with Crippen molar-refractivity contribution in [2.24, 2.45) is 0 Å². The maximum Gasteiger partial charge on any atom is 0.254 e. The topological polar surface area (TPSA) is 72.2 Å². The molecule has 8 nitrogen and oxygen atoms in total. The van der Waals surface area contributed by atoms with Gasteiger partial charge in [-0.1, -0.05) is 11.6 Å². The molecular weight excluding hydrogens is 382 g/mol. The van der Waals surface area contributed by atoms with Crippen molar-refractivity contribution in [2.45, 2.75) is 0 Å². The predicted octanol–water partition coefficient (Wildman–Crippen LogP) is 2.36. The van der Waals surface area contributed by atoms with Gasteiger partial charge in [0.25, 0.3) is 5.91 Å². The maximum atomic E-state index is 12.9. The Morgan fingerprint density at radius 2 is 1.71 bits per heavy atom. The third-order valence-corrected chi connectivity index (χ3v) is 5.11. The number of ether oxygens (including phenoxy) is 2. The van der Waals surface area contributed by atoms with E-state index in [1.807, 2.05) is 21.6 Å². The van der Waals surface area contributed by atoms with Crippen LogP contribution in [0.5, 0.6) is 11.5 Å². The predicted molar refractivity (Wildman–Crippen MR) is 106 cm³/mol. The molecule has 1 amide bonds. The van der Waals surface area contributed by atoms with Crippen LogP contribution in [0.4, 0.5) is 5.95 Å². The molecule has 2 aromatic heterocycles. The monoisotopic (exact) mass is 401 g/mol. The van der Waals surface area contributed by atoms with Crippen LogP contribution in [0.3, 0.4) is 0 Å². The zero-order valence-electron chi connectivity index (χ0n) is 15.6. The van der Waals surface area contributed by atoms with Gasteiger partial charge in [0.15, 0.2) is 5.65 Å². The number of hydrogen-bond acceptors (Lipinski definition) is 6. The number of carbonyl (C=O) groups is 1. The van der Waals surface area contributed by atoms with Crippen molar-refractivity contribution in [2.75, 3.05) is 45.3 Å². The zero-order valence-corrected chi connectivity index (χ0v) is 16.4. The van der Waals surface area contributed by atoms with Gasteiger partial charge >= 0.3 is 0 Å². The van der Waals surface area contributed by atoms with E-state index >= 15 is 0 Å². The van der Waals surface area contributed by atoms with Crippen LogP contribution in [0, 0.1) is 0 Å². The first-order valence-corrected chi connectivity index (χ1v) is 9.25. The number of methoxy groups -OCH3 is 2. The molecule has 0 atom stereocenters. The van der Waals surface area contributed by atoms with Crippen molar-refractivity contribution >= 4 is 29.1 Å². The molecule has 0 N–H and O–H groups in total. The van der Waals surface area contributed by atoms with Crippen LogP contribution in [0.2, 0.25) is 5.02 Å². The largest absolute Gasteiger partial charge is 0.497 e. The first kappa shape index (κ1) is 18.4. The molecule has 0 spiro atoms. The van der Waals surface area contributed by atoms with Crippen LogP contribution < -0.4 is 14.4 Å². The minimum absolute atomic E-state index is 0.0500. The highest BCUT2D eigenvalue weighted by atomic mass is 35.5. The van der Waals surface area contributed by atoms with E-state index in [1.165, 1.54) is 0 Å². The Kier molecular flexibility index (Phi) is 4.95. The standard InChI is InChI=1S/C19H20ClN5O3/c1-27-14-10-13(11-15(12-14)28-2)18(26)23-6-8-24(9-7-23)19-22-21-17-16(20)4-3-5-25(17)19/h3-5,10-12H,6-9H2,1-2H3. The van der Waals surface area contributed by atoms with Gasteiger partial charge in [-0.2, -0.15) is 0 Å². The molecule has 146 valence electrons. The molecule has 9 heteroatoms. The molecular formula is C19H20ClN5O3. The molecule has 3 heterocycles. The quantitative estimate of drug-likeness (QED) is 0.668. The van der Waals surface area contributed by atoms with Crippen LogP contribution in [0.15, 0.2) is 36.5 Å². The Labute approximate surface area is 167 Å². The summed E-state index contributed by atoms with van der Waals surface area (Å²) in [7, 11) is 3.13. The number of aromatic nitrogens is 3. The summed E-state index contributed by atoms with van der Waals surface area (Å²) < 4.78 is 12.4. The summed E-state index contributed by atoms with van der Waals surface area (Å²) in [5.74, 6) is 1.86. The lowest BCUT2D eigenvalue weighted by atomic mass is 10.1. The van der Waals surface area contributed by atoms with E-state index in [4.69, 9.17) is 21.1 Å². The van der Waals surface area contributed by atoms with Gasteiger partial charge in [-0.15, -0.1) is 10.2 Å². The molecule has 1 aromatic carbocycles. The van der Waals surface area contributed by atoms with Gasteiger partial charge in [-0.25, -0.2) is 0 Å². The Balaban J connectivity index is 1.49. The Morgan fingerprint density at radius 1 is 1.04 bits per heavy atom. The summed E-state index contributed by atoms with van der Waals surface area (Å²) in [6, 6.07) is 8.85. The van der Waals surface area contributed by atoms with Crippen LogP contribution in [0.1, 0.15) is 10.4 Å². The molecule has 0 saturated carbocycles. The lowest BCUT2D eigenvalue weighted by molar-refractivity contribution is 0.0745. The van der Waals surface area contributed by atoms with Gasteiger partial charge < -0.3 is 19.3 Å². The highest BCUT2D eigenvalue weighted by Gasteiger charge is 2.25. The van der Waals surface area contributed by atoms with Crippen molar-refractivity contribution < 1.29 is 14.3 Å². The van der Waals surface area contributed by atoms with Gasteiger partial charge in [-0.05, 0) is 24.3 Å². The molecule has 1 fully saturated rings. The molecule has 0 radical (unpaired) electrons. The number of nitrogens with zero attached hydrogens (tertiary/aromatic N) is 5. The molecule has 1 saturated heterocycles. The SMILES string of the molecule is COc1cc(OC)cc(C(=O)N2CCN(c3nnc4c(Cl)cccn34)CC2)c1. The number of anilines is 1. The molecule has 4 rings (SSSR count). The average Bonchev–Trinajstić information content (AvgIpc) is 3.18. The number of hydrogen-bond donors (Lipinski definition) is 0. The van der Waals surface area contributed by atoms with E-state index in [1.54, 1.807) is 38.5 Å². The van der Waals surface area contributed by atoms with Gasteiger partial charge in [0.05, 0.1) is 19.2 Å². The minimum Gasteiger partial charge on any atom is -0.497 e. The second-order valence-corrected chi connectivity index (χ2v) is 6.84. The van der Waals surface area contributed by atoms with E-state index in [2.05, 4.69) is 15.1 Å². The third-order valence-electron chi connectivity index (χ3n) is 4.82. The number of benzene rings is 1. The Hall–Kier alpha value is -3.00. The zero-order chi connectivity index (χ0) is 19.7. The summed E-state index contributed by atoms with van der Waals surface area (Å²) in [6.07, 6.45) is 1.89. The molecule has 1 aliphatic rings. The summed E-state index contributed by atoms with van der Waals surface area (Å²) in [5, 5.41) is 8.99. The number of rotatable bonds is 4. The van der Waals surface area contributed by atoms with Crippen molar-refractivity contribution in [3.05, 3.63) is 47.1 Å². The first-order valence-electron chi connectivity index (χ1n) is 8.87. The van der Waals surface area contributed by atoms with E-state index in [0.717, 1.165) is 5.95 Å². The van der Waals surface area contributed by atoms with Gasteiger partial charge in [-0.3, -0.25) is 9.20 Å². The lowest BCUT2D eigenvalue weighted by Crippen LogP contribution is -2.49. The number of pyridine rings is 1. The molecule has 0 unspecified atom stereocenters. The smallest absolute Gasteiger partial charge is 0.254 e. The van der Waals surface area contributed by atoms with E-state index in [-0.39, 0.29) is 5.91 Å². The van der Waals surface area contributed by atoms with Crippen molar-refractivity contribution in [1.29, 1.82) is 0 Å². The van der Waals surface area contributed by atoms with E-state index < -0.39 is 0 Å². The fourth-order valence-electron chi connectivity index (χ4n) is 3.31. The normalized spacial score (nSPS) is 14.4. The Morgan fingerprint density at radius 3 is 2.36 bits per heavy atom. The van der Waals surface area contributed by atoms with Gasteiger partial charge in [0, 0.05) is 44.0 Å². The van der Waals surface area contributed by atoms with Crippen LogP contribution in [-0.4, -0.2) is 65.8 Å². The number of amides is 1. The second kappa shape index (κ2) is 7.55. The highest BCUT2D eigenvalue weighted by molar-refractivity contribution is 6.33. The second-order valence-electron chi connectivity index (χ2n) is 6.43. The fourth-order valence-corrected chi connectivity index (χ4v) is 3.51. The molecule has 3 aromatic rings. The molecule has 28 heavy (non-hydrogen) atoms. The third kappa shape index (κ3) is 3.31. The van der Waals surface area contributed by atoms with Gasteiger partial charge in [0.2, 0.25) is 5.95 Å². The van der Waals surface area contributed by atoms with E-state index in [9.17, 15) is 4.79 Å². The minimum atomic E-state index is -0.0500.